The minimum absolute atomic E-state index is 0.396. The number of unbranched alkanes of at least 4 members (excludes halogenated alkanes) is 1. The smallest absolute Gasteiger partial charge is 0.306 e. The fraction of sp³-hybridized carbons (Fsp3) is 0.857. The van der Waals surface area contributed by atoms with Crippen LogP contribution in [0.4, 0.5) is 0 Å². The van der Waals surface area contributed by atoms with Crippen molar-refractivity contribution in [3.8, 4) is 0 Å². The maximum absolute atomic E-state index is 12.9. The van der Waals surface area contributed by atoms with E-state index in [0.29, 0.717) is 11.6 Å². The van der Waals surface area contributed by atoms with E-state index >= 15 is 0 Å². The highest BCUT2D eigenvalue weighted by atomic mass is 35.5. The minimum atomic E-state index is -3.15. The molecule has 1 fully saturated rings. The quantitative estimate of drug-likeness (QED) is 0.621. The highest BCUT2D eigenvalue weighted by molar-refractivity contribution is 7.59. The molecule has 0 amide bonds. The van der Waals surface area contributed by atoms with Crippen LogP contribution in [0.5, 0.6) is 0 Å². The Hall–Kier alpha value is 0.180. The zero-order valence-electron chi connectivity index (χ0n) is 11.9. The topological polar surface area (TPSA) is 35.5 Å². The Bertz CT molecular complexity index is 399. The van der Waals surface area contributed by atoms with Crippen molar-refractivity contribution in [3.63, 3.8) is 0 Å². The van der Waals surface area contributed by atoms with Crippen molar-refractivity contribution in [2.45, 2.75) is 70.8 Å². The molecule has 1 atom stereocenters. The van der Waals surface area contributed by atoms with Gasteiger partial charge in [-0.2, -0.15) is 0 Å². The summed E-state index contributed by atoms with van der Waals surface area (Å²) in [6.07, 6.45) is 7.88. The summed E-state index contributed by atoms with van der Waals surface area (Å²) in [5, 5.41) is 1.44. The third kappa shape index (κ3) is 2.95. The molecule has 0 radical (unpaired) electrons. The lowest BCUT2D eigenvalue weighted by Gasteiger charge is -2.33. The molecule has 0 bridgehead atoms. The number of rotatable bonds is 5. The van der Waals surface area contributed by atoms with Crippen LogP contribution in [0.15, 0.2) is 10.3 Å². The lowest BCUT2D eigenvalue weighted by atomic mass is 9.84. The summed E-state index contributed by atoms with van der Waals surface area (Å²) in [5.74, 6) is 0. The molecule has 0 N–H and O–H groups in total. The first-order valence-corrected chi connectivity index (χ1v) is 9.35. The van der Waals surface area contributed by atoms with Crippen LogP contribution < -0.4 is 0 Å². The minimum Gasteiger partial charge on any atom is -0.306 e. The largest absolute Gasteiger partial charge is 0.359 e. The van der Waals surface area contributed by atoms with Crippen molar-refractivity contribution in [3.05, 3.63) is 10.3 Å². The SMILES string of the molecule is CCCCC1=C(Cl)C2(CCCCC2)OP1(=O)OCC. The fourth-order valence-electron chi connectivity index (χ4n) is 3.01. The van der Waals surface area contributed by atoms with Gasteiger partial charge < -0.3 is 4.52 Å². The molecule has 1 heterocycles. The van der Waals surface area contributed by atoms with Crippen LogP contribution in [-0.2, 0) is 13.6 Å². The second kappa shape index (κ2) is 6.30. The first-order chi connectivity index (χ1) is 9.08. The van der Waals surface area contributed by atoms with Crippen LogP contribution in [0.1, 0.15) is 65.2 Å². The van der Waals surface area contributed by atoms with Crippen LogP contribution in [0.25, 0.3) is 0 Å². The highest BCUT2D eigenvalue weighted by Crippen LogP contribution is 2.70. The molecule has 5 heteroatoms. The first-order valence-electron chi connectivity index (χ1n) is 7.43. The summed E-state index contributed by atoms with van der Waals surface area (Å²) in [6, 6.07) is 0. The van der Waals surface area contributed by atoms with E-state index in [1.54, 1.807) is 0 Å². The van der Waals surface area contributed by atoms with Crippen LogP contribution in [-0.4, -0.2) is 12.2 Å². The highest BCUT2D eigenvalue weighted by Gasteiger charge is 2.53. The Labute approximate surface area is 121 Å². The zero-order valence-corrected chi connectivity index (χ0v) is 13.6. The normalized spacial score (nSPS) is 30.3. The molecule has 3 nitrogen and oxygen atoms in total. The zero-order chi connectivity index (χ0) is 13.9. The molecule has 1 aliphatic carbocycles. The third-order valence-electron chi connectivity index (χ3n) is 4.01. The summed E-state index contributed by atoms with van der Waals surface area (Å²) < 4.78 is 24.4. The van der Waals surface area contributed by atoms with Gasteiger partial charge in [0.15, 0.2) is 0 Å². The molecular weight excluding hydrogens is 283 g/mol. The van der Waals surface area contributed by atoms with Gasteiger partial charge in [-0.05, 0) is 32.6 Å². The summed E-state index contributed by atoms with van der Waals surface area (Å²) in [7, 11) is -3.15. The van der Waals surface area contributed by atoms with Crippen molar-refractivity contribution < 1.29 is 13.6 Å². The van der Waals surface area contributed by atoms with Crippen molar-refractivity contribution >= 4 is 19.2 Å². The van der Waals surface area contributed by atoms with Gasteiger partial charge in [0.05, 0.1) is 17.0 Å². The van der Waals surface area contributed by atoms with E-state index in [9.17, 15) is 4.57 Å². The van der Waals surface area contributed by atoms with Gasteiger partial charge >= 0.3 is 7.60 Å². The fourth-order valence-corrected chi connectivity index (χ4v) is 5.96. The van der Waals surface area contributed by atoms with Crippen LogP contribution >= 0.6 is 19.2 Å². The molecule has 0 aromatic carbocycles. The second-order valence-corrected chi connectivity index (χ2v) is 7.78. The predicted octanol–water partition coefficient (Wildman–Crippen LogP) is 5.59. The number of halogens is 1. The van der Waals surface area contributed by atoms with Gasteiger partial charge in [0.1, 0.15) is 5.60 Å². The van der Waals surface area contributed by atoms with Crippen LogP contribution in [0.3, 0.4) is 0 Å². The van der Waals surface area contributed by atoms with Gasteiger partial charge in [-0.25, -0.2) is 0 Å². The first kappa shape index (κ1) is 15.6. The van der Waals surface area contributed by atoms with Crippen molar-refractivity contribution in [2.24, 2.45) is 0 Å². The maximum atomic E-state index is 12.9. The molecule has 110 valence electrons. The summed E-state index contributed by atoms with van der Waals surface area (Å²) in [5.41, 5.74) is -0.506. The van der Waals surface area contributed by atoms with E-state index in [0.717, 1.165) is 50.3 Å². The molecule has 0 aromatic rings. The Kier molecular flexibility index (Phi) is 5.16. The Morgan fingerprint density at radius 3 is 2.58 bits per heavy atom. The summed E-state index contributed by atoms with van der Waals surface area (Å²) >= 11 is 6.57. The van der Waals surface area contributed by atoms with Crippen molar-refractivity contribution in [1.29, 1.82) is 0 Å². The Balaban J connectivity index is 2.30. The average molecular weight is 307 g/mol. The standard InChI is InChI=1S/C14H24ClO3P/c1-3-5-9-12-13(15)14(10-7-6-8-11-14)18-19(12,16)17-4-2/h3-11H2,1-2H3. The molecule has 0 saturated heterocycles. The Morgan fingerprint density at radius 1 is 1.32 bits per heavy atom. The van der Waals surface area contributed by atoms with Crippen molar-refractivity contribution in [2.75, 3.05) is 6.61 Å². The van der Waals surface area contributed by atoms with Gasteiger partial charge in [-0.15, -0.1) is 0 Å². The van der Waals surface area contributed by atoms with Crippen LogP contribution in [0, 0.1) is 0 Å². The van der Waals surface area contributed by atoms with Gasteiger partial charge in [-0.3, -0.25) is 9.09 Å². The average Bonchev–Trinajstić information content (AvgIpc) is 2.58. The molecule has 0 aromatic heterocycles. The Morgan fingerprint density at radius 2 is 2.00 bits per heavy atom. The maximum Gasteiger partial charge on any atom is 0.359 e. The third-order valence-corrected chi connectivity index (χ3v) is 7.01. The van der Waals surface area contributed by atoms with Gasteiger partial charge in [-0.1, -0.05) is 44.2 Å². The second-order valence-electron chi connectivity index (χ2n) is 5.43. The van der Waals surface area contributed by atoms with E-state index in [4.69, 9.17) is 20.6 Å². The number of hydrogen-bond donors (Lipinski definition) is 0. The van der Waals surface area contributed by atoms with E-state index in [1.807, 2.05) is 6.92 Å². The molecule has 2 rings (SSSR count). The van der Waals surface area contributed by atoms with E-state index < -0.39 is 13.2 Å². The molecule has 1 aliphatic heterocycles. The molecular formula is C14H24ClO3P. The van der Waals surface area contributed by atoms with Crippen LogP contribution in [0.2, 0.25) is 0 Å². The van der Waals surface area contributed by atoms with Gasteiger partial charge in [0.25, 0.3) is 0 Å². The molecule has 1 saturated carbocycles. The molecule has 1 unspecified atom stereocenters. The van der Waals surface area contributed by atoms with E-state index in [1.165, 1.54) is 6.42 Å². The van der Waals surface area contributed by atoms with Gasteiger partial charge in [0, 0.05) is 0 Å². The van der Waals surface area contributed by atoms with E-state index in [-0.39, 0.29) is 0 Å². The summed E-state index contributed by atoms with van der Waals surface area (Å²) in [4.78, 5) is 0. The lowest BCUT2D eigenvalue weighted by molar-refractivity contribution is 0.0646. The molecule has 19 heavy (non-hydrogen) atoms. The molecule has 1 spiro atoms. The van der Waals surface area contributed by atoms with Crippen molar-refractivity contribution in [1.82, 2.24) is 0 Å². The lowest BCUT2D eigenvalue weighted by Crippen LogP contribution is -2.31. The molecule has 2 aliphatic rings. The van der Waals surface area contributed by atoms with E-state index in [2.05, 4.69) is 6.92 Å². The number of hydrogen-bond acceptors (Lipinski definition) is 3. The van der Waals surface area contributed by atoms with Gasteiger partial charge in [0.2, 0.25) is 0 Å². The predicted molar refractivity (Wildman–Crippen MR) is 78.5 cm³/mol. The summed E-state index contributed by atoms with van der Waals surface area (Å²) in [6.45, 7) is 4.36. The monoisotopic (exact) mass is 306 g/mol. The number of allylic oxidation sites excluding steroid dienone is 1.